The van der Waals surface area contributed by atoms with Gasteiger partial charge in [0.05, 0.1) is 17.6 Å². The molecule has 0 bridgehead atoms. The van der Waals surface area contributed by atoms with Crippen molar-refractivity contribution in [1.29, 1.82) is 5.26 Å². The summed E-state index contributed by atoms with van der Waals surface area (Å²) in [7, 11) is -2.08. The van der Waals surface area contributed by atoms with E-state index in [1.807, 2.05) is 0 Å². The number of nitriles is 1. The molecular formula is C16H13F2NO4S. The summed E-state index contributed by atoms with van der Waals surface area (Å²) < 4.78 is 60.6. The van der Waals surface area contributed by atoms with Crippen LogP contribution in [-0.4, -0.2) is 21.8 Å². The van der Waals surface area contributed by atoms with Gasteiger partial charge in [0.25, 0.3) is 0 Å². The van der Waals surface area contributed by atoms with Crippen LogP contribution in [0.2, 0.25) is 0 Å². The molecule has 2 rings (SSSR count). The van der Waals surface area contributed by atoms with Crippen molar-refractivity contribution >= 4 is 9.84 Å². The average molecular weight is 353 g/mol. The largest absolute Gasteiger partial charge is 0.493 e. The third kappa shape index (κ3) is 3.81. The van der Waals surface area contributed by atoms with Gasteiger partial charge < -0.3 is 9.47 Å². The van der Waals surface area contributed by atoms with E-state index in [1.165, 1.54) is 25.3 Å². The number of benzene rings is 2. The molecule has 2 aromatic rings. The highest BCUT2D eigenvalue weighted by atomic mass is 32.2. The predicted octanol–water partition coefficient (Wildman–Crippen LogP) is 2.83. The van der Waals surface area contributed by atoms with Crippen LogP contribution in [0.25, 0.3) is 0 Å². The van der Waals surface area contributed by atoms with Crippen molar-refractivity contribution in [1.82, 2.24) is 0 Å². The fourth-order valence-corrected chi connectivity index (χ4v) is 2.58. The molecular weight excluding hydrogens is 340 g/mol. The van der Waals surface area contributed by atoms with E-state index in [1.54, 1.807) is 6.07 Å². The first-order chi connectivity index (χ1) is 11.3. The van der Waals surface area contributed by atoms with Crippen LogP contribution in [0.1, 0.15) is 11.1 Å². The van der Waals surface area contributed by atoms with E-state index in [4.69, 9.17) is 14.7 Å². The quantitative estimate of drug-likeness (QED) is 0.826. The van der Waals surface area contributed by atoms with Crippen LogP contribution in [0.3, 0.4) is 0 Å². The smallest absolute Gasteiger partial charge is 0.175 e. The minimum absolute atomic E-state index is 0.0119. The average Bonchev–Trinajstić information content (AvgIpc) is 2.53. The summed E-state index contributed by atoms with van der Waals surface area (Å²) in [6, 6.07) is 7.28. The zero-order valence-corrected chi connectivity index (χ0v) is 13.7. The Morgan fingerprint density at radius 1 is 1.12 bits per heavy atom. The topological polar surface area (TPSA) is 76.4 Å². The maximum atomic E-state index is 13.7. The number of methoxy groups -OCH3 is 1. The number of hydrogen-bond acceptors (Lipinski definition) is 5. The van der Waals surface area contributed by atoms with Crippen molar-refractivity contribution in [3.05, 3.63) is 53.1 Å². The lowest BCUT2D eigenvalue weighted by Crippen LogP contribution is -2.03. The highest BCUT2D eigenvalue weighted by Gasteiger charge is 2.14. The van der Waals surface area contributed by atoms with Crippen LogP contribution in [0.15, 0.2) is 35.2 Å². The number of nitrogens with zero attached hydrogens (tertiary/aromatic N) is 1. The highest BCUT2D eigenvalue weighted by Crippen LogP contribution is 2.30. The lowest BCUT2D eigenvalue weighted by molar-refractivity contribution is 0.279. The molecule has 0 amide bonds. The Morgan fingerprint density at radius 2 is 1.83 bits per heavy atom. The van der Waals surface area contributed by atoms with E-state index in [0.29, 0.717) is 6.07 Å². The molecule has 0 radical (unpaired) electrons. The van der Waals surface area contributed by atoms with Crippen molar-refractivity contribution in [3.8, 4) is 17.6 Å². The Morgan fingerprint density at radius 3 is 2.42 bits per heavy atom. The molecule has 0 aromatic heterocycles. The highest BCUT2D eigenvalue weighted by molar-refractivity contribution is 7.90. The fourth-order valence-electron chi connectivity index (χ4n) is 1.94. The zero-order valence-electron chi connectivity index (χ0n) is 12.8. The van der Waals surface area contributed by atoms with Gasteiger partial charge in [-0.25, -0.2) is 17.2 Å². The van der Waals surface area contributed by atoms with Gasteiger partial charge in [0.1, 0.15) is 24.3 Å². The van der Waals surface area contributed by atoms with Crippen LogP contribution >= 0.6 is 0 Å². The van der Waals surface area contributed by atoms with Crippen LogP contribution < -0.4 is 9.47 Å². The summed E-state index contributed by atoms with van der Waals surface area (Å²) in [5, 5.41) is 8.78. The van der Waals surface area contributed by atoms with Gasteiger partial charge in [-0.15, -0.1) is 0 Å². The van der Waals surface area contributed by atoms with E-state index < -0.39 is 21.5 Å². The van der Waals surface area contributed by atoms with E-state index >= 15 is 0 Å². The number of halogens is 2. The number of ether oxygens (including phenoxy) is 2. The summed E-state index contributed by atoms with van der Waals surface area (Å²) in [5.41, 5.74) is -0.309. The van der Waals surface area contributed by atoms with Gasteiger partial charge in [0, 0.05) is 24.0 Å². The Bertz CT molecular complexity index is 920. The Hall–Kier alpha value is -2.66. The monoisotopic (exact) mass is 353 g/mol. The molecule has 0 unspecified atom stereocenters. The lowest BCUT2D eigenvalue weighted by atomic mass is 10.1. The Kier molecular flexibility index (Phi) is 5.04. The van der Waals surface area contributed by atoms with E-state index in [-0.39, 0.29) is 34.1 Å². The summed E-state index contributed by atoms with van der Waals surface area (Å²) in [4.78, 5) is 0.0476. The van der Waals surface area contributed by atoms with Crippen LogP contribution in [0.5, 0.6) is 11.5 Å². The molecule has 0 saturated carbocycles. The van der Waals surface area contributed by atoms with Gasteiger partial charge in [0.15, 0.2) is 21.3 Å². The summed E-state index contributed by atoms with van der Waals surface area (Å²) in [6.07, 6.45) is 1.06. The van der Waals surface area contributed by atoms with Crippen molar-refractivity contribution in [2.24, 2.45) is 0 Å². The van der Waals surface area contributed by atoms with Gasteiger partial charge in [-0.05, 0) is 18.2 Å². The summed E-state index contributed by atoms with van der Waals surface area (Å²) >= 11 is 0. The van der Waals surface area contributed by atoms with Gasteiger partial charge in [-0.1, -0.05) is 0 Å². The molecule has 5 nitrogen and oxygen atoms in total. The minimum Gasteiger partial charge on any atom is -0.493 e. The van der Waals surface area contributed by atoms with Crippen molar-refractivity contribution in [3.63, 3.8) is 0 Å². The molecule has 0 aliphatic heterocycles. The van der Waals surface area contributed by atoms with Crippen molar-refractivity contribution < 1.29 is 26.7 Å². The molecule has 126 valence electrons. The molecule has 0 fully saturated rings. The van der Waals surface area contributed by atoms with Crippen LogP contribution in [0.4, 0.5) is 8.78 Å². The normalized spacial score (nSPS) is 11.0. The first-order valence-electron chi connectivity index (χ1n) is 6.65. The predicted molar refractivity (Wildman–Crippen MR) is 81.5 cm³/mol. The number of sulfone groups is 1. The second kappa shape index (κ2) is 6.84. The van der Waals surface area contributed by atoms with Gasteiger partial charge in [-0.3, -0.25) is 0 Å². The SMILES string of the molecule is COc1cc(S(C)(=O)=O)ccc1OCc1cc(C#N)c(F)cc1F. The summed E-state index contributed by atoms with van der Waals surface area (Å²) in [6.45, 7) is -0.282. The lowest BCUT2D eigenvalue weighted by Gasteiger charge is -2.12. The molecule has 0 atom stereocenters. The van der Waals surface area contributed by atoms with Gasteiger partial charge in [-0.2, -0.15) is 5.26 Å². The molecule has 0 aliphatic rings. The van der Waals surface area contributed by atoms with Gasteiger partial charge >= 0.3 is 0 Å². The Balaban J connectivity index is 2.29. The molecule has 8 heteroatoms. The first-order valence-corrected chi connectivity index (χ1v) is 8.54. The summed E-state index contributed by atoms with van der Waals surface area (Å²) in [5.74, 6) is -1.46. The minimum atomic E-state index is -3.41. The third-order valence-electron chi connectivity index (χ3n) is 3.20. The first kappa shape index (κ1) is 17.7. The maximum absolute atomic E-state index is 13.7. The zero-order chi connectivity index (χ0) is 17.9. The van der Waals surface area contributed by atoms with Crippen LogP contribution in [0, 0.1) is 23.0 Å². The second-order valence-electron chi connectivity index (χ2n) is 4.91. The fraction of sp³-hybridized carbons (Fsp3) is 0.188. The molecule has 24 heavy (non-hydrogen) atoms. The molecule has 2 aromatic carbocycles. The van der Waals surface area contributed by atoms with Crippen molar-refractivity contribution in [2.75, 3.05) is 13.4 Å². The molecule has 0 saturated heterocycles. The van der Waals surface area contributed by atoms with E-state index in [0.717, 1.165) is 12.3 Å². The second-order valence-corrected chi connectivity index (χ2v) is 6.92. The van der Waals surface area contributed by atoms with E-state index in [2.05, 4.69) is 0 Å². The van der Waals surface area contributed by atoms with Gasteiger partial charge in [0.2, 0.25) is 0 Å². The molecule has 0 N–H and O–H groups in total. The maximum Gasteiger partial charge on any atom is 0.175 e. The number of rotatable bonds is 5. The third-order valence-corrected chi connectivity index (χ3v) is 4.31. The molecule has 0 spiro atoms. The molecule has 0 heterocycles. The van der Waals surface area contributed by atoms with Crippen LogP contribution in [-0.2, 0) is 16.4 Å². The number of hydrogen-bond donors (Lipinski definition) is 0. The molecule has 0 aliphatic carbocycles. The van der Waals surface area contributed by atoms with Crippen molar-refractivity contribution in [2.45, 2.75) is 11.5 Å². The van der Waals surface area contributed by atoms with E-state index in [9.17, 15) is 17.2 Å². The standard InChI is InChI=1S/C16H13F2NO4S/c1-22-16-6-12(24(2,20)21)3-4-15(16)23-9-11-5-10(8-19)13(17)7-14(11)18/h3-7H,9H2,1-2H3. The Labute approximate surface area is 138 Å².